The van der Waals surface area contributed by atoms with Crippen molar-refractivity contribution >= 4 is 6.21 Å². The average molecular weight is 160 g/mol. The number of pyridine rings is 1. The van der Waals surface area contributed by atoms with E-state index in [1.165, 1.54) is 5.56 Å². The summed E-state index contributed by atoms with van der Waals surface area (Å²) in [4.78, 5) is 8.75. The van der Waals surface area contributed by atoms with Gasteiger partial charge < -0.3 is 0 Å². The quantitative estimate of drug-likeness (QED) is 0.618. The normalized spacial score (nSPS) is 20.1. The lowest BCUT2D eigenvalue weighted by molar-refractivity contribution is 0.514. The summed E-state index contributed by atoms with van der Waals surface area (Å²) in [7, 11) is 0. The van der Waals surface area contributed by atoms with Gasteiger partial charge in [0.15, 0.2) is 0 Å². The van der Waals surface area contributed by atoms with Gasteiger partial charge in [0.05, 0.1) is 11.7 Å². The number of rotatable bonds is 1. The summed E-state index contributed by atoms with van der Waals surface area (Å²) < 4.78 is 0. The maximum atomic E-state index is 4.42. The van der Waals surface area contributed by atoms with Gasteiger partial charge in [-0.15, -0.1) is 0 Å². The van der Waals surface area contributed by atoms with Crippen molar-refractivity contribution in [3.8, 4) is 0 Å². The Morgan fingerprint density at radius 1 is 1.42 bits per heavy atom. The van der Waals surface area contributed by atoms with Crippen LogP contribution in [0.2, 0.25) is 0 Å². The number of aromatic nitrogens is 1. The van der Waals surface area contributed by atoms with Gasteiger partial charge in [0, 0.05) is 18.0 Å². The van der Waals surface area contributed by atoms with Gasteiger partial charge in [-0.25, -0.2) is 0 Å². The molecule has 1 aromatic heterocycles. The Bertz CT molecular complexity index is 315. The van der Waals surface area contributed by atoms with E-state index in [2.05, 4.69) is 29.9 Å². The van der Waals surface area contributed by atoms with Crippen molar-refractivity contribution in [2.75, 3.05) is 0 Å². The van der Waals surface area contributed by atoms with E-state index in [1.54, 1.807) is 0 Å². The number of hydrogen-bond acceptors (Lipinski definition) is 2. The maximum Gasteiger partial charge on any atom is 0.0949 e. The molecule has 1 aliphatic rings. The third-order valence-electron chi connectivity index (χ3n) is 2.16. The van der Waals surface area contributed by atoms with Crippen LogP contribution in [0, 0.1) is 5.92 Å². The van der Waals surface area contributed by atoms with Crippen LogP contribution in [0.4, 0.5) is 0 Å². The van der Waals surface area contributed by atoms with Crippen LogP contribution < -0.4 is 0 Å². The lowest BCUT2D eigenvalue weighted by Crippen LogP contribution is -2.03. The highest BCUT2D eigenvalue weighted by Gasteiger charge is 2.22. The highest BCUT2D eigenvalue weighted by atomic mass is 14.9. The topological polar surface area (TPSA) is 25.2 Å². The van der Waals surface area contributed by atoms with Crippen LogP contribution in [-0.4, -0.2) is 11.2 Å². The molecule has 1 unspecified atom stereocenters. The van der Waals surface area contributed by atoms with Crippen molar-refractivity contribution in [2.45, 2.75) is 19.9 Å². The lowest BCUT2D eigenvalue weighted by Gasteiger charge is -2.11. The standard InChI is InChI=1S/C10H12N2/c1-7(2)9-10-8(6-12-9)4-3-5-11-10/h3-7,9H,1-2H3. The van der Waals surface area contributed by atoms with Crippen molar-refractivity contribution in [2.24, 2.45) is 10.9 Å². The molecule has 0 N–H and O–H groups in total. The summed E-state index contributed by atoms with van der Waals surface area (Å²) in [6, 6.07) is 4.29. The molecule has 62 valence electrons. The largest absolute Gasteiger partial charge is 0.282 e. The van der Waals surface area contributed by atoms with E-state index in [9.17, 15) is 0 Å². The third kappa shape index (κ3) is 1.04. The molecule has 0 spiro atoms. The van der Waals surface area contributed by atoms with Gasteiger partial charge in [0.1, 0.15) is 0 Å². The molecule has 2 nitrogen and oxygen atoms in total. The zero-order chi connectivity index (χ0) is 8.55. The second-order valence-corrected chi connectivity index (χ2v) is 3.44. The summed E-state index contributed by atoms with van der Waals surface area (Å²) >= 11 is 0. The second-order valence-electron chi connectivity index (χ2n) is 3.44. The van der Waals surface area contributed by atoms with Gasteiger partial charge in [0.25, 0.3) is 0 Å². The van der Waals surface area contributed by atoms with Crippen molar-refractivity contribution in [3.63, 3.8) is 0 Å². The van der Waals surface area contributed by atoms with Crippen LogP contribution in [0.5, 0.6) is 0 Å². The van der Waals surface area contributed by atoms with E-state index < -0.39 is 0 Å². The molecule has 0 saturated heterocycles. The number of hydrogen-bond donors (Lipinski definition) is 0. The molecule has 0 fully saturated rings. The minimum atomic E-state index is 0.279. The molecule has 1 aromatic rings. The highest BCUT2D eigenvalue weighted by Crippen LogP contribution is 2.30. The highest BCUT2D eigenvalue weighted by molar-refractivity contribution is 5.84. The predicted octanol–water partition coefficient (Wildman–Crippen LogP) is 2.21. The van der Waals surface area contributed by atoms with Crippen LogP contribution in [0.15, 0.2) is 23.3 Å². The summed E-state index contributed by atoms with van der Waals surface area (Å²) in [5.41, 5.74) is 2.31. The van der Waals surface area contributed by atoms with E-state index >= 15 is 0 Å². The van der Waals surface area contributed by atoms with Crippen LogP contribution >= 0.6 is 0 Å². The second kappa shape index (κ2) is 2.70. The van der Waals surface area contributed by atoms with Crippen LogP contribution in [0.25, 0.3) is 0 Å². The Hall–Kier alpha value is -1.18. The van der Waals surface area contributed by atoms with E-state index in [0.29, 0.717) is 5.92 Å². The SMILES string of the molecule is CC(C)C1N=Cc2cccnc21. The fourth-order valence-electron chi connectivity index (χ4n) is 1.51. The number of aliphatic imine (C=N–C) groups is 1. The van der Waals surface area contributed by atoms with Crippen LogP contribution in [0.3, 0.4) is 0 Å². The van der Waals surface area contributed by atoms with Crippen molar-refractivity contribution in [1.29, 1.82) is 0 Å². The molecular formula is C10H12N2. The first-order valence-electron chi connectivity index (χ1n) is 4.27. The van der Waals surface area contributed by atoms with Crippen LogP contribution in [-0.2, 0) is 0 Å². The van der Waals surface area contributed by atoms with Gasteiger partial charge in [-0.1, -0.05) is 19.9 Å². The fourth-order valence-corrected chi connectivity index (χ4v) is 1.51. The summed E-state index contributed by atoms with van der Waals surface area (Å²) in [6.45, 7) is 4.34. The number of fused-ring (bicyclic) bond motifs is 1. The Kier molecular flexibility index (Phi) is 1.68. The minimum Gasteiger partial charge on any atom is -0.282 e. The molecule has 0 aliphatic carbocycles. The molecule has 0 aromatic carbocycles. The Balaban J connectivity index is 2.42. The minimum absolute atomic E-state index is 0.279. The lowest BCUT2D eigenvalue weighted by atomic mass is 10.0. The Morgan fingerprint density at radius 2 is 2.25 bits per heavy atom. The molecule has 0 radical (unpaired) electrons. The first-order valence-corrected chi connectivity index (χ1v) is 4.27. The summed E-state index contributed by atoms with van der Waals surface area (Å²) in [5.74, 6) is 0.539. The van der Waals surface area contributed by atoms with Gasteiger partial charge in [-0.2, -0.15) is 0 Å². The zero-order valence-corrected chi connectivity index (χ0v) is 7.36. The van der Waals surface area contributed by atoms with Gasteiger partial charge >= 0.3 is 0 Å². The van der Waals surface area contributed by atoms with E-state index in [-0.39, 0.29) is 6.04 Å². The Labute approximate surface area is 72.4 Å². The molecule has 1 atom stereocenters. The van der Waals surface area contributed by atoms with Gasteiger partial charge in [-0.05, 0) is 12.0 Å². The first kappa shape index (κ1) is 7.47. The third-order valence-corrected chi connectivity index (χ3v) is 2.16. The van der Waals surface area contributed by atoms with Crippen LogP contribution in [0.1, 0.15) is 31.1 Å². The van der Waals surface area contributed by atoms with E-state index in [4.69, 9.17) is 0 Å². The fraction of sp³-hybridized carbons (Fsp3) is 0.400. The maximum absolute atomic E-state index is 4.42. The Morgan fingerprint density at radius 3 is 3.00 bits per heavy atom. The molecule has 0 amide bonds. The smallest absolute Gasteiger partial charge is 0.0949 e. The summed E-state index contributed by atoms with van der Waals surface area (Å²) in [5, 5.41) is 0. The molecule has 12 heavy (non-hydrogen) atoms. The average Bonchev–Trinajstić information content (AvgIpc) is 2.47. The van der Waals surface area contributed by atoms with Gasteiger partial charge in [0.2, 0.25) is 0 Å². The molecule has 1 aliphatic heterocycles. The van der Waals surface area contributed by atoms with Crippen molar-refractivity contribution in [3.05, 3.63) is 29.6 Å². The zero-order valence-electron chi connectivity index (χ0n) is 7.36. The first-order chi connectivity index (χ1) is 5.79. The predicted molar refractivity (Wildman–Crippen MR) is 49.4 cm³/mol. The van der Waals surface area contributed by atoms with Crippen molar-refractivity contribution < 1.29 is 0 Å². The monoisotopic (exact) mass is 160 g/mol. The molecule has 2 heteroatoms. The molecule has 2 rings (SSSR count). The molecule has 2 heterocycles. The van der Waals surface area contributed by atoms with Crippen molar-refractivity contribution in [1.82, 2.24) is 4.98 Å². The molecule has 0 saturated carbocycles. The summed E-state index contributed by atoms with van der Waals surface area (Å²) in [6.07, 6.45) is 3.76. The molecule has 0 bridgehead atoms. The van der Waals surface area contributed by atoms with E-state index in [1.807, 2.05) is 18.5 Å². The van der Waals surface area contributed by atoms with Gasteiger partial charge in [-0.3, -0.25) is 9.98 Å². The van der Waals surface area contributed by atoms with E-state index in [0.717, 1.165) is 5.69 Å². The number of nitrogens with zero attached hydrogens (tertiary/aromatic N) is 2. The molecular weight excluding hydrogens is 148 g/mol.